The largest absolute Gasteiger partial charge is 0.310 e. The molecule has 0 saturated carbocycles. The summed E-state index contributed by atoms with van der Waals surface area (Å²) in [4.78, 5) is 1.40. The van der Waals surface area contributed by atoms with E-state index >= 15 is 0 Å². The average molecular weight is 280 g/mol. The van der Waals surface area contributed by atoms with Crippen LogP contribution in [0.4, 0.5) is 0 Å². The van der Waals surface area contributed by atoms with Crippen LogP contribution >= 0.6 is 22.9 Å². The van der Waals surface area contributed by atoms with Crippen molar-refractivity contribution in [3.63, 3.8) is 0 Å². The van der Waals surface area contributed by atoms with Gasteiger partial charge < -0.3 is 5.32 Å². The summed E-state index contributed by atoms with van der Waals surface area (Å²) in [6, 6.07) is 10.8. The molecule has 96 valence electrons. The number of benzene rings is 1. The first-order chi connectivity index (χ1) is 8.70. The van der Waals surface area contributed by atoms with Crippen LogP contribution in [0.15, 0.2) is 35.7 Å². The van der Waals surface area contributed by atoms with Crippen molar-refractivity contribution in [2.75, 3.05) is 6.54 Å². The van der Waals surface area contributed by atoms with E-state index < -0.39 is 0 Å². The molecule has 0 spiro atoms. The van der Waals surface area contributed by atoms with Gasteiger partial charge in [0.2, 0.25) is 0 Å². The van der Waals surface area contributed by atoms with Crippen LogP contribution in [0.2, 0.25) is 5.02 Å². The SMILES string of the molecule is CCNC(Cc1cccs1)c1cc(Cl)ccc1C. The second-order valence-corrected chi connectivity index (χ2v) is 5.86. The van der Waals surface area contributed by atoms with Gasteiger partial charge in [-0.1, -0.05) is 30.7 Å². The fourth-order valence-corrected chi connectivity index (χ4v) is 3.09. The van der Waals surface area contributed by atoms with Crippen LogP contribution in [-0.4, -0.2) is 6.54 Å². The molecule has 0 saturated heterocycles. The number of halogens is 1. The van der Waals surface area contributed by atoms with Gasteiger partial charge >= 0.3 is 0 Å². The summed E-state index contributed by atoms with van der Waals surface area (Å²) >= 11 is 7.93. The molecule has 0 fully saturated rings. The fourth-order valence-electron chi connectivity index (χ4n) is 2.16. The highest BCUT2D eigenvalue weighted by Crippen LogP contribution is 2.26. The van der Waals surface area contributed by atoms with Gasteiger partial charge in [0.15, 0.2) is 0 Å². The molecule has 1 aromatic carbocycles. The van der Waals surface area contributed by atoms with Gasteiger partial charge in [-0.2, -0.15) is 0 Å². The Kier molecular flexibility index (Phi) is 4.81. The van der Waals surface area contributed by atoms with Crippen molar-refractivity contribution in [2.45, 2.75) is 26.3 Å². The molecule has 0 amide bonds. The van der Waals surface area contributed by atoms with Gasteiger partial charge in [0, 0.05) is 22.4 Å². The summed E-state index contributed by atoms with van der Waals surface area (Å²) in [7, 11) is 0. The van der Waals surface area contributed by atoms with E-state index in [1.165, 1.54) is 16.0 Å². The Labute approximate surface area is 118 Å². The van der Waals surface area contributed by atoms with Crippen LogP contribution in [0.25, 0.3) is 0 Å². The molecule has 1 atom stereocenters. The van der Waals surface area contributed by atoms with Gasteiger partial charge in [0.1, 0.15) is 0 Å². The van der Waals surface area contributed by atoms with E-state index in [-0.39, 0.29) is 0 Å². The van der Waals surface area contributed by atoms with Gasteiger partial charge in [0.05, 0.1) is 0 Å². The number of thiophene rings is 1. The van der Waals surface area contributed by atoms with Crippen molar-refractivity contribution in [3.8, 4) is 0 Å². The summed E-state index contributed by atoms with van der Waals surface area (Å²) < 4.78 is 0. The highest BCUT2D eigenvalue weighted by molar-refractivity contribution is 7.09. The molecule has 1 N–H and O–H groups in total. The van der Waals surface area contributed by atoms with Crippen LogP contribution in [0.1, 0.15) is 29.0 Å². The number of rotatable bonds is 5. The van der Waals surface area contributed by atoms with Crippen LogP contribution in [-0.2, 0) is 6.42 Å². The van der Waals surface area contributed by atoms with Gasteiger partial charge in [0.25, 0.3) is 0 Å². The van der Waals surface area contributed by atoms with Gasteiger partial charge in [-0.25, -0.2) is 0 Å². The van der Waals surface area contributed by atoms with Crippen molar-refractivity contribution in [2.24, 2.45) is 0 Å². The first-order valence-corrected chi connectivity index (χ1v) is 7.48. The van der Waals surface area contributed by atoms with E-state index in [1.807, 2.05) is 17.4 Å². The topological polar surface area (TPSA) is 12.0 Å². The Bertz CT molecular complexity index is 493. The Morgan fingerprint density at radius 2 is 2.17 bits per heavy atom. The summed E-state index contributed by atoms with van der Waals surface area (Å²) in [6.45, 7) is 5.24. The first-order valence-electron chi connectivity index (χ1n) is 6.22. The van der Waals surface area contributed by atoms with Crippen molar-refractivity contribution >= 4 is 22.9 Å². The number of hydrogen-bond donors (Lipinski definition) is 1. The molecular formula is C15H18ClNS. The van der Waals surface area contributed by atoms with Crippen molar-refractivity contribution in [1.82, 2.24) is 5.32 Å². The van der Waals surface area contributed by atoms with Crippen LogP contribution < -0.4 is 5.32 Å². The normalized spacial score (nSPS) is 12.6. The molecule has 2 rings (SSSR count). The lowest BCUT2D eigenvalue weighted by Gasteiger charge is -2.20. The summed E-state index contributed by atoms with van der Waals surface area (Å²) in [6.07, 6.45) is 1.02. The van der Waals surface area contributed by atoms with Crippen LogP contribution in [0, 0.1) is 6.92 Å². The highest BCUT2D eigenvalue weighted by atomic mass is 35.5. The van der Waals surface area contributed by atoms with E-state index in [4.69, 9.17) is 11.6 Å². The lowest BCUT2D eigenvalue weighted by Crippen LogP contribution is -2.23. The second kappa shape index (κ2) is 6.37. The molecule has 0 aliphatic rings. The van der Waals surface area contributed by atoms with Crippen molar-refractivity contribution in [1.29, 1.82) is 0 Å². The standard InChI is InChI=1S/C15H18ClNS/c1-3-17-15(10-13-5-4-8-18-13)14-9-12(16)7-6-11(14)2/h4-9,15,17H,3,10H2,1-2H3. The predicted octanol–water partition coefficient (Wildman–Crippen LogP) is 4.60. The smallest absolute Gasteiger partial charge is 0.0409 e. The van der Waals surface area contributed by atoms with E-state index in [9.17, 15) is 0 Å². The molecule has 2 aromatic rings. The Morgan fingerprint density at radius 3 is 2.83 bits per heavy atom. The van der Waals surface area contributed by atoms with E-state index in [0.29, 0.717) is 6.04 Å². The zero-order valence-corrected chi connectivity index (χ0v) is 12.3. The number of likely N-dealkylation sites (N-methyl/N-ethyl adjacent to an activating group) is 1. The van der Waals surface area contributed by atoms with E-state index in [2.05, 4.69) is 48.8 Å². The molecule has 18 heavy (non-hydrogen) atoms. The second-order valence-electron chi connectivity index (χ2n) is 4.39. The molecule has 0 aliphatic heterocycles. The first kappa shape index (κ1) is 13.6. The third-order valence-corrected chi connectivity index (χ3v) is 4.19. The van der Waals surface area contributed by atoms with Crippen LogP contribution in [0.5, 0.6) is 0 Å². The maximum Gasteiger partial charge on any atom is 0.0409 e. The van der Waals surface area contributed by atoms with E-state index in [0.717, 1.165) is 18.0 Å². The lowest BCUT2D eigenvalue weighted by molar-refractivity contribution is 0.551. The molecular weight excluding hydrogens is 262 g/mol. The summed E-state index contributed by atoms with van der Waals surface area (Å²) in [5.41, 5.74) is 2.60. The molecule has 0 bridgehead atoms. The zero-order chi connectivity index (χ0) is 13.0. The third-order valence-electron chi connectivity index (χ3n) is 3.05. The Morgan fingerprint density at radius 1 is 1.33 bits per heavy atom. The number of nitrogens with one attached hydrogen (secondary N) is 1. The van der Waals surface area contributed by atoms with Crippen molar-refractivity contribution < 1.29 is 0 Å². The van der Waals surface area contributed by atoms with Gasteiger partial charge in [-0.3, -0.25) is 0 Å². The molecule has 1 heterocycles. The number of aryl methyl sites for hydroxylation is 1. The fraction of sp³-hybridized carbons (Fsp3) is 0.333. The minimum absolute atomic E-state index is 0.340. The monoisotopic (exact) mass is 279 g/mol. The molecule has 0 radical (unpaired) electrons. The minimum atomic E-state index is 0.340. The molecule has 1 aromatic heterocycles. The average Bonchev–Trinajstić information content (AvgIpc) is 2.85. The highest BCUT2D eigenvalue weighted by Gasteiger charge is 2.14. The van der Waals surface area contributed by atoms with Crippen LogP contribution in [0.3, 0.4) is 0 Å². The van der Waals surface area contributed by atoms with E-state index in [1.54, 1.807) is 0 Å². The number of hydrogen-bond acceptors (Lipinski definition) is 2. The maximum absolute atomic E-state index is 6.12. The Balaban J connectivity index is 2.26. The predicted molar refractivity (Wildman–Crippen MR) is 80.6 cm³/mol. The maximum atomic E-state index is 6.12. The molecule has 1 unspecified atom stereocenters. The van der Waals surface area contributed by atoms with Gasteiger partial charge in [-0.05, 0) is 48.2 Å². The minimum Gasteiger partial charge on any atom is -0.310 e. The quantitative estimate of drug-likeness (QED) is 0.843. The molecule has 1 nitrogen and oxygen atoms in total. The molecule has 0 aliphatic carbocycles. The Hall–Kier alpha value is -0.830. The third kappa shape index (κ3) is 3.35. The van der Waals surface area contributed by atoms with Gasteiger partial charge in [-0.15, -0.1) is 11.3 Å². The lowest BCUT2D eigenvalue weighted by atomic mass is 9.98. The zero-order valence-electron chi connectivity index (χ0n) is 10.7. The van der Waals surface area contributed by atoms with Crippen molar-refractivity contribution in [3.05, 3.63) is 56.7 Å². The summed E-state index contributed by atoms with van der Waals surface area (Å²) in [5, 5.41) is 6.49. The molecule has 3 heteroatoms. The summed E-state index contributed by atoms with van der Waals surface area (Å²) in [5.74, 6) is 0.